The molecule has 0 radical (unpaired) electrons. The largest absolute Gasteiger partial charge is 0.352 e. The Labute approximate surface area is 170 Å². The normalized spacial score (nSPS) is 14.7. The summed E-state index contributed by atoms with van der Waals surface area (Å²) in [5.74, 6) is 2.04. The highest BCUT2D eigenvalue weighted by atomic mass is 32.1. The molecule has 0 N–H and O–H groups in total. The van der Waals surface area contributed by atoms with Crippen molar-refractivity contribution < 1.29 is 4.79 Å². The summed E-state index contributed by atoms with van der Waals surface area (Å²) < 4.78 is 0. The number of amides is 1. The zero-order valence-corrected chi connectivity index (χ0v) is 17.8. The fourth-order valence-electron chi connectivity index (χ4n) is 3.66. The van der Waals surface area contributed by atoms with Gasteiger partial charge in [0.15, 0.2) is 0 Å². The number of carbonyl (C=O) groups is 1. The average Bonchev–Trinajstić information content (AvgIpc) is 3.01. The molecule has 3 heterocycles. The molecule has 0 saturated carbocycles. The molecular formula is C22H26N4OS. The van der Waals surface area contributed by atoms with E-state index in [1.807, 2.05) is 36.1 Å². The number of anilines is 1. The summed E-state index contributed by atoms with van der Waals surface area (Å²) in [4.78, 5) is 29.1. The fraction of sp³-hybridized carbons (Fsp3) is 0.409. The first-order valence-corrected chi connectivity index (χ1v) is 10.7. The summed E-state index contributed by atoms with van der Waals surface area (Å²) in [5.41, 5.74) is 3.21. The average molecular weight is 395 g/mol. The van der Waals surface area contributed by atoms with Gasteiger partial charge >= 0.3 is 0 Å². The molecule has 1 amide bonds. The summed E-state index contributed by atoms with van der Waals surface area (Å²) in [5, 5.41) is 1.18. The highest BCUT2D eigenvalue weighted by molar-refractivity contribution is 7.18. The Hall–Kier alpha value is -2.47. The first kappa shape index (κ1) is 18.9. The SMILES string of the molecule is CCc1nc(N2CCN(C(=O)c3ccc(C)cc3)CC2)c2c(C)c(C)sc2n1. The minimum atomic E-state index is 0.115. The van der Waals surface area contributed by atoms with Gasteiger partial charge in [-0.05, 0) is 38.5 Å². The molecule has 6 heteroatoms. The summed E-state index contributed by atoms with van der Waals surface area (Å²) in [6, 6.07) is 7.83. The van der Waals surface area contributed by atoms with Crippen molar-refractivity contribution >= 4 is 33.3 Å². The van der Waals surface area contributed by atoms with E-state index in [-0.39, 0.29) is 5.91 Å². The lowest BCUT2D eigenvalue weighted by Gasteiger charge is -2.36. The zero-order valence-electron chi connectivity index (χ0n) is 17.0. The van der Waals surface area contributed by atoms with Gasteiger partial charge in [-0.15, -0.1) is 11.3 Å². The minimum absolute atomic E-state index is 0.115. The van der Waals surface area contributed by atoms with Crippen molar-refractivity contribution in [2.45, 2.75) is 34.1 Å². The van der Waals surface area contributed by atoms with Gasteiger partial charge in [0.2, 0.25) is 0 Å². The van der Waals surface area contributed by atoms with Gasteiger partial charge in [-0.3, -0.25) is 4.79 Å². The molecule has 0 atom stereocenters. The van der Waals surface area contributed by atoms with E-state index >= 15 is 0 Å². The van der Waals surface area contributed by atoms with Crippen LogP contribution in [0.4, 0.5) is 5.82 Å². The first-order valence-electron chi connectivity index (χ1n) is 9.85. The van der Waals surface area contributed by atoms with Crippen LogP contribution in [0.2, 0.25) is 0 Å². The predicted octanol–water partition coefficient (Wildman–Crippen LogP) is 4.14. The third kappa shape index (κ3) is 3.37. The van der Waals surface area contributed by atoms with Crippen molar-refractivity contribution in [3.63, 3.8) is 0 Å². The van der Waals surface area contributed by atoms with Crippen LogP contribution in [0.25, 0.3) is 10.2 Å². The standard InChI is InChI=1S/C22H26N4OS/c1-5-18-23-20(19-15(3)16(4)28-21(19)24-18)25-10-12-26(13-11-25)22(27)17-8-6-14(2)7-9-17/h6-9H,5,10-13H2,1-4H3. The van der Waals surface area contributed by atoms with Crippen LogP contribution in [0.1, 0.15) is 39.1 Å². The molecule has 0 spiro atoms. The summed E-state index contributed by atoms with van der Waals surface area (Å²) in [6.07, 6.45) is 0.824. The predicted molar refractivity (Wildman–Crippen MR) is 116 cm³/mol. The second-order valence-corrected chi connectivity index (χ2v) is 8.63. The van der Waals surface area contributed by atoms with E-state index in [0.29, 0.717) is 13.1 Å². The summed E-state index contributed by atoms with van der Waals surface area (Å²) in [6.45, 7) is 11.4. The number of fused-ring (bicyclic) bond motifs is 1. The van der Waals surface area contributed by atoms with E-state index < -0.39 is 0 Å². The number of aromatic nitrogens is 2. The number of hydrogen-bond acceptors (Lipinski definition) is 5. The van der Waals surface area contributed by atoms with Gasteiger partial charge in [0.05, 0.1) is 5.39 Å². The molecule has 28 heavy (non-hydrogen) atoms. The number of benzene rings is 1. The lowest BCUT2D eigenvalue weighted by Crippen LogP contribution is -2.49. The van der Waals surface area contributed by atoms with Gasteiger partial charge in [-0.25, -0.2) is 9.97 Å². The Morgan fingerprint density at radius 3 is 2.36 bits per heavy atom. The van der Waals surface area contributed by atoms with Crippen LogP contribution in [0.3, 0.4) is 0 Å². The second kappa shape index (κ2) is 7.51. The van der Waals surface area contributed by atoms with Gasteiger partial charge in [-0.1, -0.05) is 24.6 Å². The highest BCUT2D eigenvalue weighted by Crippen LogP contribution is 2.35. The molecule has 0 aliphatic carbocycles. The number of nitrogens with zero attached hydrogens (tertiary/aromatic N) is 4. The van der Waals surface area contributed by atoms with Crippen molar-refractivity contribution in [1.82, 2.24) is 14.9 Å². The Bertz CT molecular complexity index is 1020. The number of thiophene rings is 1. The van der Waals surface area contributed by atoms with Gasteiger partial charge in [0.25, 0.3) is 5.91 Å². The quantitative estimate of drug-likeness (QED) is 0.670. The molecule has 4 rings (SSSR count). The first-order chi connectivity index (χ1) is 13.5. The Balaban J connectivity index is 1.57. The molecular weight excluding hydrogens is 368 g/mol. The fourth-order valence-corrected chi connectivity index (χ4v) is 4.70. The van der Waals surface area contributed by atoms with E-state index in [0.717, 1.165) is 41.5 Å². The monoisotopic (exact) mass is 394 g/mol. The van der Waals surface area contributed by atoms with Crippen molar-refractivity contribution in [2.75, 3.05) is 31.1 Å². The summed E-state index contributed by atoms with van der Waals surface area (Å²) in [7, 11) is 0. The number of carbonyl (C=O) groups excluding carboxylic acids is 1. The lowest BCUT2D eigenvalue weighted by molar-refractivity contribution is 0.0746. The van der Waals surface area contributed by atoms with Crippen LogP contribution in [-0.4, -0.2) is 47.0 Å². The van der Waals surface area contributed by atoms with Crippen LogP contribution in [0.15, 0.2) is 24.3 Å². The molecule has 1 aliphatic rings. The number of piperazine rings is 1. The van der Waals surface area contributed by atoms with E-state index in [9.17, 15) is 4.79 Å². The lowest BCUT2D eigenvalue weighted by atomic mass is 10.1. The van der Waals surface area contributed by atoms with Crippen LogP contribution >= 0.6 is 11.3 Å². The molecule has 2 aromatic heterocycles. The number of rotatable bonds is 3. The maximum Gasteiger partial charge on any atom is 0.253 e. The minimum Gasteiger partial charge on any atom is -0.352 e. The molecule has 1 saturated heterocycles. The van der Waals surface area contributed by atoms with E-state index in [1.165, 1.54) is 21.4 Å². The van der Waals surface area contributed by atoms with E-state index in [2.05, 4.69) is 25.7 Å². The topological polar surface area (TPSA) is 49.3 Å². The van der Waals surface area contributed by atoms with Gasteiger partial charge in [-0.2, -0.15) is 0 Å². The molecule has 1 aliphatic heterocycles. The van der Waals surface area contributed by atoms with Crippen molar-refractivity contribution in [3.05, 3.63) is 51.7 Å². The van der Waals surface area contributed by atoms with Crippen molar-refractivity contribution in [3.8, 4) is 0 Å². The smallest absolute Gasteiger partial charge is 0.253 e. The van der Waals surface area contributed by atoms with Crippen LogP contribution in [0, 0.1) is 20.8 Å². The number of hydrogen-bond donors (Lipinski definition) is 0. The molecule has 5 nitrogen and oxygen atoms in total. The maximum absolute atomic E-state index is 12.8. The summed E-state index contributed by atoms with van der Waals surface area (Å²) >= 11 is 1.75. The highest BCUT2D eigenvalue weighted by Gasteiger charge is 2.25. The van der Waals surface area contributed by atoms with Gasteiger partial charge < -0.3 is 9.80 Å². The third-order valence-electron chi connectivity index (χ3n) is 5.54. The van der Waals surface area contributed by atoms with E-state index in [1.54, 1.807) is 11.3 Å². The van der Waals surface area contributed by atoms with Crippen LogP contribution < -0.4 is 4.90 Å². The molecule has 0 unspecified atom stereocenters. The molecule has 0 bridgehead atoms. The Morgan fingerprint density at radius 1 is 1.04 bits per heavy atom. The third-order valence-corrected chi connectivity index (χ3v) is 6.64. The van der Waals surface area contributed by atoms with Crippen molar-refractivity contribution in [2.24, 2.45) is 0 Å². The second-order valence-electron chi connectivity index (χ2n) is 7.43. The maximum atomic E-state index is 12.8. The van der Waals surface area contributed by atoms with E-state index in [4.69, 9.17) is 9.97 Å². The Morgan fingerprint density at radius 2 is 1.71 bits per heavy atom. The zero-order chi connectivity index (χ0) is 19.8. The van der Waals surface area contributed by atoms with Crippen LogP contribution in [-0.2, 0) is 6.42 Å². The molecule has 3 aromatic rings. The van der Waals surface area contributed by atoms with Gasteiger partial charge in [0, 0.05) is 43.0 Å². The van der Waals surface area contributed by atoms with Crippen molar-refractivity contribution in [1.29, 1.82) is 0 Å². The van der Waals surface area contributed by atoms with Gasteiger partial charge in [0.1, 0.15) is 16.5 Å². The molecule has 1 fully saturated rings. The molecule has 146 valence electrons. The molecule has 1 aromatic carbocycles. The number of aryl methyl sites for hydroxylation is 4. The van der Waals surface area contributed by atoms with Crippen LogP contribution in [0.5, 0.6) is 0 Å². The Kier molecular flexibility index (Phi) is 5.06.